The van der Waals surface area contributed by atoms with Crippen LogP contribution in [0, 0.1) is 0 Å². The van der Waals surface area contributed by atoms with Gasteiger partial charge in [-0.1, -0.05) is 140 Å². The third kappa shape index (κ3) is 5.03. The van der Waals surface area contributed by atoms with E-state index in [2.05, 4.69) is 127 Å². The molecule has 5 nitrogen and oxygen atoms in total. The van der Waals surface area contributed by atoms with Crippen LogP contribution in [0.15, 0.2) is 174 Å². The number of para-hydroxylation sites is 1. The second-order valence-electron chi connectivity index (χ2n) is 12.6. The predicted octanol–water partition coefficient (Wildman–Crippen LogP) is 11.8. The molecule has 238 valence electrons. The van der Waals surface area contributed by atoms with Gasteiger partial charge in [0.25, 0.3) is 0 Å². The van der Waals surface area contributed by atoms with Crippen LogP contribution in [0.1, 0.15) is 0 Å². The lowest BCUT2D eigenvalue weighted by Gasteiger charge is -2.12. The Hall–Kier alpha value is -6.98. The van der Waals surface area contributed by atoms with Crippen LogP contribution in [-0.2, 0) is 0 Å². The minimum absolute atomic E-state index is 0.642. The maximum Gasteiger partial charge on any atom is 0.180 e. The van der Waals surface area contributed by atoms with E-state index >= 15 is 0 Å². The standard InChI is InChI=1S/C46H28N4O/c1-3-14-30(15-4-1)40-38-26-25-29-13-7-8-22-36(29)42(38)49-45(47-40)34-20-11-18-32(27-34)33-19-12-21-35(28-33)46-48-41(31-16-5-2-6-17-31)44-43(50-46)37-23-9-10-24-39(37)51-44/h1-28H. The predicted molar refractivity (Wildman–Crippen MR) is 207 cm³/mol. The van der Waals surface area contributed by atoms with Gasteiger partial charge in [-0.25, -0.2) is 19.9 Å². The highest BCUT2D eigenvalue weighted by Gasteiger charge is 2.19. The van der Waals surface area contributed by atoms with Gasteiger partial charge in [0.1, 0.15) is 16.8 Å². The molecule has 10 rings (SSSR count). The topological polar surface area (TPSA) is 64.7 Å². The minimum Gasteiger partial charge on any atom is -0.452 e. The Bertz CT molecular complexity index is 2920. The number of benzene rings is 7. The first-order chi connectivity index (χ1) is 25.3. The molecule has 0 radical (unpaired) electrons. The van der Waals surface area contributed by atoms with E-state index in [0.717, 1.165) is 82.9 Å². The first-order valence-electron chi connectivity index (χ1n) is 17.0. The zero-order valence-electron chi connectivity index (χ0n) is 27.4. The Kier molecular flexibility index (Phi) is 6.74. The molecule has 0 N–H and O–H groups in total. The van der Waals surface area contributed by atoms with Crippen LogP contribution in [-0.4, -0.2) is 19.9 Å². The number of nitrogens with zero attached hydrogens (tertiary/aromatic N) is 4. The van der Waals surface area contributed by atoms with Gasteiger partial charge in [-0.2, -0.15) is 0 Å². The number of aromatic nitrogens is 4. The van der Waals surface area contributed by atoms with Crippen molar-refractivity contribution < 1.29 is 4.42 Å². The zero-order valence-corrected chi connectivity index (χ0v) is 27.4. The quantitative estimate of drug-likeness (QED) is 0.173. The van der Waals surface area contributed by atoms with E-state index in [9.17, 15) is 0 Å². The number of rotatable bonds is 5. The Labute approximate surface area is 293 Å². The van der Waals surface area contributed by atoms with Crippen LogP contribution in [0.4, 0.5) is 0 Å². The lowest BCUT2D eigenvalue weighted by atomic mass is 9.99. The van der Waals surface area contributed by atoms with Crippen molar-refractivity contribution in [2.75, 3.05) is 0 Å². The Morgan fingerprint density at radius 1 is 0.333 bits per heavy atom. The van der Waals surface area contributed by atoms with Gasteiger partial charge < -0.3 is 4.42 Å². The van der Waals surface area contributed by atoms with Gasteiger partial charge >= 0.3 is 0 Å². The second kappa shape index (κ2) is 11.9. The van der Waals surface area contributed by atoms with E-state index in [0.29, 0.717) is 17.2 Å². The fraction of sp³-hybridized carbons (Fsp3) is 0. The molecule has 0 unspecified atom stereocenters. The van der Waals surface area contributed by atoms with Gasteiger partial charge in [-0.3, -0.25) is 0 Å². The van der Waals surface area contributed by atoms with Crippen LogP contribution < -0.4 is 0 Å². The van der Waals surface area contributed by atoms with E-state index in [4.69, 9.17) is 24.4 Å². The summed E-state index contributed by atoms with van der Waals surface area (Å²) in [4.78, 5) is 20.6. The van der Waals surface area contributed by atoms with Gasteiger partial charge in [0, 0.05) is 38.4 Å². The zero-order chi connectivity index (χ0) is 33.7. The second-order valence-corrected chi connectivity index (χ2v) is 12.6. The average molecular weight is 653 g/mol. The summed E-state index contributed by atoms with van der Waals surface area (Å²) in [7, 11) is 0. The monoisotopic (exact) mass is 652 g/mol. The molecule has 0 aliphatic carbocycles. The molecule has 5 heteroatoms. The molecule has 51 heavy (non-hydrogen) atoms. The highest BCUT2D eigenvalue weighted by Crippen LogP contribution is 2.37. The van der Waals surface area contributed by atoms with Gasteiger partial charge in [0.05, 0.1) is 11.2 Å². The van der Waals surface area contributed by atoms with Crippen molar-refractivity contribution in [3.05, 3.63) is 170 Å². The average Bonchev–Trinajstić information content (AvgIpc) is 3.59. The first kappa shape index (κ1) is 29.0. The molecular formula is C46H28N4O. The highest BCUT2D eigenvalue weighted by molar-refractivity contribution is 6.10. The van der Waals surface area contributed by atoms with Crippen molar-refractivity contribution in [3.8, 4) is 56.4 Å². The third-order valence-corrected chi connectivity index (χ3v) is 9.48. The summed E-state index contributed by atoms with van der Waals surface area (Å²) in [6.45, 7) is 0. The maximum absolute atomic E-state index is 6.33. The number of fused-ring (bicyclic) bond motifs is 6. The maximum atomic E-state index is 6.33. The molecule has 0 aliphatic heterocycles. The molecule has 3 aromatic heterocycles. The molecule has 0 atom stereocenters. The smallest absolute Gasteiger partial charge is 0.180 e. The van der Waals surface area contributed by atoms with E-state index in [1.165, 1.54) is 0 Å². The Morgan fingerprint density at radius 3 is 1.57 bits per heavy atom. The molecular weight excluding hydrogens is 625 g/mol. The number of hydrogen-bond donors (Lipinski definition) is 0. The Morgan fingerprint density at radius 2 is 0.863 bits per heavy atom. The Balaban J connectivity index is 1.11. The summed E-state index contributed by atoms with van der Waals surface area (Å²) >= 11 is 0. The van der Waals surface area contributed by atoms with Crippen molar-refractivity contribution in [2.24, 2.45) is 0 Å². The van der Waals surface area contributed by atoms with Crippen molar-refractivity contribution in [1.29, 1.82) is 0 Å². The largest absolute Gasteiger partial charge is 0.452 e. The summed E-state index contributed by atoms with van der Waals surface area (Å²) < 4.78 is 6.33. The van der Waals surface area contributed by atoms with E-state index in [1.807, 2.05) is 42.5 Å². The van der Waals surface area contributed by atoms with Crippen LogP contribution in [0.3, 0.4) is 0 Å². The van der Waals surface area contributed by atoms with Crippen LogP contribution in [0.2, 0.25) is 0 Å². The summed E-state index contributed by atoms with van der Waals surface area (Å²) in [5, 5.41) is 4.26. The summed E-state index contributed by atoms with van der Waals surface area (Å²) in [5.41, 5.74) is 10.9. The third-order valence-electron chi connectivity index (χ3n) is 9.48. The molecule has 0 aliphatic rings. The summed E-state index contributed by atoms with van der Waals surface area (Å²) in [5.74, 6) is 1.33. The lowest BCUT2D eigenvalue weighted by molar-refractivity contribution is 0.667. The molecule has 0 saturated carbocycles. The molecule has 0 saturated heterocycles. The fourth-order valence-electron chi connectivity index (χ4n) is 7.00. The lowest BCUT2D eigenvalue weighted by Crippen LogP contribution is -1.96. The van der Waals surface area contributed by atoms with Gasteiger partial charge in [-0.15, -0.1) is 0 Å². The molecule has 0 spiro atoms. The first-order valence-corrected chi connectivity index (χ1v) is 17.0. The highest BCUT2D eigenvalue weighted by atomic mass is 16.3. The number of hydrogen-bond acceptors (Lipinski definition) is 5. The van der Waals surface area contributed by atoms with Crippen molar-refractivity contribution in [1.82, 2.24) is 19.9 Å². The van der Waals surface area contributed by atoms with Crippen LogP contribution >= 0.6 is 0 Å². The van der Waals surface area contributed by atoms with Gasteiger partial charge in [0.15, 0.2) is 17.2 Å². The fourth-order valence-corrected chi connectivity index (χ4v) is 7.00. The van der Waals surface area contributed by atoms with Crippen LogP contribution in [0.5, 0.6) is 0 Å². The van der Waals surface area contributed by atoms with Crippen molar-refractivity contribution in [3.63, 3.8) is 0 Å². The van der Waals surface area contributed by atoms with Gasteiger partial charge in [-0.05, 0) is 46.8 Å². The molecule has 10 aromatic rings. The summed E-state index contributed by atoms with van der Waals surface area (Å²) in [6.07, 6.45) is 0. The van der Waals surface area contributed by atoms with Crippen molar-refractivity contribution in [2.45, 2.75) is 0 Å². The summed E-state index contributed by atoms with van der Waals surface area (Å²) in [6, 6.07) is 58.1. The van der Waals surface area contributed by atoms with E-state index in [-0.39, 0.29) is 0 Å². The normalized spacial score (nSPS) is 11.5. The van der Waals surface area contributed by atoms with Crippen molar-refractivity contribution >= 4 is 43.7 Å². The molecule has 3 heterocycles. The van der Waals surface area contributed by atoms with Gasteiger partial charge in [0.2, 0.25) is 0 Å². The SMILES string of the molecule is c1ccc(-c2nc(-c3cccc(-c4cccc(-c5nc(-c6ccccc6)c6oc7ccccc7c6n5)c4)c3)nc3c2ccc2ccccc23)cc1. The minimum atomic E-state index is 0.642. The molecule has 0 bridgehead atoms. The molecule has 0 amide bonds. The van der Waals surface area contributed by atoms with Crippen LogP contribution in [0.25, 0.3) is 100 Å². The van der Waals surface area contributed by atoms with E-state index in [1.54, 1.807) is 0 Å². The molecule has 7 aromatic carbocycles. The molecule has 0 fully saturated rings. The number of furan rings is 1. The van der Waals surface area contributed by atoms with E-state index < -0.39 is 0 Å².